The second-order valence-electron chi connectivity index (χ2n) is 9.31. The Morgan fingerprint density at radius 2 is 1.82 bits per heavy atom. The van der Waals surface area contributed by atoms with Crippen LogP contribution in [-0.2, 0) is 0 Å². The summed E-state index contributed by atoms with van der Waals surface area (Å²) in [6.45, 7) is 4.79. The van der Waals surface area contributed by atoms with E-state index in [1.165, 1.54) is 18.3 Å². The molecule has 0 unspecified atom stereocenters. The predicted molar refractivity (Wildman–Crippen MR) is 132 cm³/mol. The highest BCUT2D eigenvalue weighted by atomic mass is 19.4. The number of likely N-dealkylation sites (N-methyl/N-ethyl adjacent to an activating group) is 1. The fourth-order valence-electron chi connectivity index (χ4n) is 4.63. The minimum atomic E-state index is -4.82. The summed E-state index contributed by atoms with van der Waals surface area (Å²) in [6.07, 6.45) is -3.40. The van der Waals surface area contributed by atoms with Crippen molar-refractivity contribution in [2.75, 3.05) is 50.2 Å². The maximum Gasteiger partial charge on any atom is 0.573 e. The Morgan fingerprint density at radius 3 is 2.47 bits per heavy atom. The van der Waals surface area contributed by atoms with Crippen molar-refractivity contribution in [1.82, 2.24) is 14.9 Å². The molecule has 3 heterocycles. The number of halogens is 4. The van der Waals surface area contributed by atoms with Crippen molar-refractivity contribution >= 4 is 28.2 Å². The van der Waals surface area contributed by atoms with Gasteiger partial charge in [0.05, 0.1) is 22.6 Å². The summed E-state index contributed by atoms with van der Waals surface area (Å²) in [7, 11) is 1.99. The van der Waals surface area contributed by atoms with E-state index in [0.717, 1.165) is 31.3 Å². The summed E-state index contributed by atoms with van der Waals surface area (Å²) < 4.78 is 64.0. The third kappa shape index (κ3) is 4.93. The van der Waals surface area contributed by atoms with Crippen molar-refractivity contribution in [3.8, 4) is 11.5 Å². The molecule has 0 spiro atoms. The maximum absolute atomic E-state index is 15.4. The highest BCUT2D eigenvalue weighted by Gasteiger charge is 2.32. The standard InChI is InChI=1S/C25H25F4N5O4/c1-14-13-37-23-20-17(11-19(26)21(23)33-9-7-32(2)8-10-33)22(35)18(12-34(14)20)24(36)31-30-15-3-5-16(6-4-15)38-25(27,28)29/h3-6,11-12,14,30H,7-10,13H2,1-2H3,(H,31,36)/t14-/m0/s1. The van der Waals surface area contributed by atoms with E-state index in [1.54, 1.807) is 4.57 Å². The number of ether oxygens (including phenoxy) is 2. The van der Waals surface area contributed by atoms with Gasteiger partial charge in [-0.25, -0.2) is 4.39 Å². The second-order valence-corrected chi connectivity index (χ2v) is 9.31. The summed E-state index contributed by atoms with van der Waals surface area (Å²) in [5, 5.41) is 0.0169. The Balaban J connectivity index is 1.45. The molecular formula is C25H25F4N5O4. The fourth-order valence-corrected chi connectivity index (χ4v) is 4.63. The minimum Gasteiger partial charge on any atom is -0.487 e. The molecule has 0 aliphatic carbocycles. The number of amides is 1. The molecule has 0 saturated carbocycles. The lowest BCUT2D eigenvalue weighted by atomic mass is 10.0. The van der Waals surface area contributed by atoms with Crippen LogP contribution in [0, 0.1) is 5.82 Å². The first-order valence-corrected chi connectivity index (χ1v) is 11.9. The Bertz CT molecular complexity index is 1430. The summed E-state index contributed by atoms with van der Waals surface area (Å²) in [4.78, 5) is 30.3. The van der Waals surface area contributed by atoms with Gasteiger partial charge in [0.15, 0.2) is 11.6 Å². The van der Waals surface area contributed by atoms with Gasteiger partial charge in [-0.1, -0.05) is 0 Å². The molecule has 9 nitrogen and oxygen atoms in total. The van der Waals surface area contributed by atoms with Gasteiger partial charge in [-0.05, 0) is 44.3 Å². The van der Waals surface area contributed by atoms with Crippen LogP contribution in [0.5, 0.6) is 11.5 Å². The number of carbonyl (C=O) groups excluding carboxylic acids is 1. The third-order valence-electron chi connectivity index (χ3n) is 6.61. The van der Waals surface area contributed by atoms with E-state index in [2.05, 4.69) is 20.5 Å². The van der Waals surface area contributed by atoms with E-state index in [4.69, 9.17) is 4.74 Å². The molecule has 2 N–H and O–H groups in total. The Morgan fingerprint density at radius 1 is 1.13 bits per heavy atom. The molecule has 38 heavy (non-hydrogen) atoms. The molecule has 13 heteroatoms. The summed E-state index contributed by atoms with van der Waals surface area (Å²) >= 11 is 0. The highest BCUT2D eigenvalue weighted by molar-refractivity contribution is 6.00. The highest BCUT2D eigenvalue weighted by Crippen LogP contribution is 2.42. The predicted octanol–water partition coefficient (Wildman–Crippen LogP) is 3.50. The molecule has 2 aliphatic rings. The Hall–Kier alpha value is -4.00. The zero-order valence-corrected chi connectivity index (χ0v) is 20.6. The number of benzene rings is 2. The number of hydrogen-bond acceptors (Lipinski definition) is 7. The third-order valence-corrected chi connectivity index (χ3v) is 6.61. The van der Waals surface area contributed by atoms with Crippen LogP contribution in [0.1, 0.15) is 23.3 Å². The van der Waals surface area contributed by atoms with E-state index in [-0.39, 0.29) is 35.0 Å². The number of nitrogens with one attached hydrogen (secondary N) is 2. The van der Waals surface area contributed by atoms with E-state index >= 15 is 4.39 Å². The number of nitrogens with zero attached hydrogens (tertiary/aromatic N) is 3. The number of anilines is 2. The van der Waals surface area contributed by atoms with Gasteiger partial charge < -0.3 is 23.8 Å². The first-order chi connectivity index (χ1) is 18.0. The van der Waals surface area contributed by atoms with Crippen LogP contribution in [0.25, 0.3) is 10.9 Å². The molecule has 202 valence electrons. The van der Waals surface area contributed by atoms with Crippen molar-refractivity contribution in [1.29, 1.82) is 0 Å². The quantitative estimate of drug-likeness (QED) is 0.382. The van der Waals surface area contributed by atoms with Crippen molar-refractivity contribution < 1.29 is 31.8 Å². The first kappa shape index (κ1) is 25.6. The van der Waals surface area contributed by atoms with Gasteiger partial charge >= 0.3 is 6.36 Å². The van der Waals surface area contributed by atoms with Gasteiger partial charge in [0, 0.05) is 32.4 Å². The molecule has 1 aromatic heterocycles. The minimum absolute atomic E-state index is 0.0169. The lowest BCUT2D eigenvalue weighted by Gasteiger charge is -2.37. The van der Waals surface area contributed by atoms with Crippen LogP contribution in [-0.4, -0.2) is 61.6 Å². The van der Waals surface area contributed by atoms with Crippen molar-refractivity contribution in [3.63, 3.8) is 0 Å². The number of alkyl halides is 3. The van der Waals surface area contributed by atoms with E-state index in [9.17, 15) is 22.8 Å². The number of hydrogen-bond donors (Lipinski definition) is 2. The number of pyridine rings is 1. The van der Waals surface area contributed by atoms with E-state index < -0.39 is 29.3 Å². The molecule has 2 aromatic carbocycles. The smallest absolute Gasteiger partial charge is 0.487 e. The molecule has 0 radical (unpaired) electrons. The number of aromatic nitrogens is 1. The lowest BCUT2D eigenvalue weighted by Crippen LogP contribution is -2.45. The number of carbonyl (C=O) groups is 1. The second kappa shape index (κ2) is 9.71. The van der Waals surface area contributed by atoms with E-state index in [1.807, 2.05) is 18.9 Å². The Kier molecular flexibility index (Phi) is 6.55. The first-order valence-electron chi connectivity index (χ1n) is 11.9. The molecule has 3 aromatic rings. The monoisotopic (exact) mass is 535 g/mol. The van der Waals surface area contributed by atoms with Crippen LogP contribution in [0.15, 0.2) is 41.3 Å². The molecule has 1 saturated heterocycles. The molecular weight excluding hydrogens is 510 g/mol. The normalized spacial score (nSPS) is 17.7. The summed E-state index contributed by atoms with van der Waals surface area (Å²) in [6, 6.07) is 5.58. The van der Waals surface area contributed by atoms with Crippen LogP contribution < -0.4 is 30.7 Å². The van der Waals surface area contributed by atoms with Crippen LogP contribution in [0.3, 0.4) is 0 Å². The number of hydrazine groups is 1. The molecule has 1 amide bonds. The molecule has 1 fully saturated rings. The Labute approximate surface area is 214 Å². The maximum atomic E-state index is 15.4. The van der Waals surface area contributed by atoms with Gasteiger partial charge in [-0.2, -0.15) is 0 Å². The summed E-state index contributed by atoms with van der Waals surface area (Å²) in [5.41, 5.74) is 5.00. The molecule has 1 atom stereocenters. The SMILES string of the molecule is C[C@H]1COc2c(N3CCN(C)CC3)c(F)cc3c(=O)c(C(=O)NNc4ccc(OC(F)(F)F)cc4)cn1c23. The van der Waals surface area contributed by atoms with Crippen molar-refractivity contribution in [2.45, 2.75) is 19.3 Å². The largest absolute Gasteiger partial charge is 0.573 e. The van der Waals surface area contributed by atoms with Crippen molar-refractivity contribution in [2.24, 2.45) is 0 Å². The van der Waals surface area contributed by atoms with E-state index in [0.29, 0.717) is 24.3 Å². The van der Waals surface area contributed by atoms with Crippen LogP contribution in [0.4, 0.5) is 28.9 Å². The fraction of sp³-hybridized carbons (Fsp3) is 0.360. The molecule has 0 bridgehead atoms. The average Bonchev–Trinajstić information content (AvgIpc) is 2.86. The molecule has 2 aliphatic heterocycles. The van der Waals surface area contributed by atoms with Gasteiger partial charge in [-0.3, -0.25) is 20.4 Å². The average molecular weight is 535 g/mol. The van der Waals surface area contributed by atoms with Crippen molar-refractivity contribution in [3.05, 3.63) is 58.1 Å². The lowest BCUT2D eigenvalue weighted by molar-refractivity contribution is -0.274. The zero-order chi connectivity index (χ0) is 27.2. The van der Waals surface area contributed by atoms with Crippen LogP contribution in [0.2, 0.25) is 0 Å². The van der Waals surface area contributed by atoms with Crippen LogP contribution >= 0.6 is 0 Å². The van der Waals surface area contributed by atoms with Gasteiger partial charge in [0.1, 0.15) is 23.6 Å². The number of rotatable bonds is 5. The topological polar surface area (TPSA) is 88.1 Å². The van der Waals surface area contributed by atoms with Gasteiger partial charge in [0.25, 0.3) is 5.91 Å². The molecule has 5 rings (SSSR count). The zero-order valence-electron chi connectivity index (χ0n) is 20.6. The van der Waals surface area contributed by atoms with Gasteiger partial charge in [-0.15, -0.1) is 13.2 Å². The summed E-state index contributed by atoms with van der Waals surface area (Å²) in [5.74, 6) is -1.54. The number of piperazine rings is 1. The van der Waals surface area contributed by atoms with Gasteiger partial charge in [0.2, 0.25) is 5.43 Å².